The van der Waals surface area contributed by atoms with Crippen LogP contribution in [0.25, 0.3) is 50.0 Å². The number of rotatable bonds is 2. The molecule has 0 fully saturated rings. The summed E-state index contributed by atoms with van der Waals surface area (Å²) in [5.74, 6) is 0. The second kappa shape index (κ2) is 7.27. The number of hydrogen-bond acceptors (Lipinski definition) is 3. The Labute approximate surface area is 198 Å². The predicted octanol–water partition coefficient (Wildman–Crippen LogP) is 5.10. The van der Waals surface area contributed by atoms with Crippen LogP contribution in [-0.2, 0) is 0 Å². The first-order valence-electron chi connectivity index (χ1n) is 11.3. The maximum Gasteiger partial charge on any atom is 0.300 e. The molecule has 0 spiro atoms. The normalized spacial score (nSPS) is 11.7. The Kier molecular flexibility index (Phi) is 4.05. The van der Waals surface area contributed by atoms with Gasteiger partial charge in [0, 0.05) is 11.1 Å². The van der Waals surface area contributed by atoms with Crippen molar-refractivity contribution in [1.29, 1.82) is 0 Å². The number of nitrogens with zero attached hydrogens (tertiary/aromatic N) is 4. The summed E-state index contributed by atoms with van der Waals surface area (Å²) >= 11 is 0. The number of hydrogen-bond donors (Lipinski definition) is 0. The van der Waals surface area contributed by atoms with E-state index in [1.54, 1.807) is 16.7 Å². The molecule has 0 bridgehead atoms. The van der Waals surface area contributed by atoms with E-state index in [1.165, 1.54) is 4.40 Å². The minimum Gasteiger partial charge on any atom is -0.294 e. The van der Waals surface area contributed by atoms with Gasteiger partial charge in [0.15, 0.2) is 5.65 Å². The highest BCUT2D eigenvalue weighted by atomic mass is 16.1. The van der Waals surface area contributed by atoms with E-state index in [0.717, 1.165) is 16.6 Å². The van der Waals surface area contributed by atoms with Gasteiger partial charge in [0.2, 0.25) is 5.65 Å². The van der Waals surface area contributed by atoms with Gasteiger partial charge in [0.25, 0.3) is 5.56 Å². The summed E-state index contributed by atoms with van der Waals surface area (Å²) < 4.78 is 5.19. The zero-order valence-electron chi connectivity index (χ0n) is 18.5. The van der Waals surface area contributed by atoms with Gasteiger partial charge in [-0.3, -0.25) is 23.1 Å². The molecule has 6 nitrogen and oxygen atoms in total. The molecule has 0 amide bonds. The molecule has 35 heavy (non-hydrogen) atoms. The molecule has 166 valence electrons. The van der Waals surface area contributed by atoms with Crippen molar-refractivity contribution in [3.05, 3.63) is 130 Å². The van der Waals surface area contributed by atoms with Gasteiger partial charge >= 0.3 is 5.56 Å². The lowest BCUT2D eigenvalue weighted by Crippen LogP contribution is -2.29. The van der Waals surface area contributed by atoms with Gasteiger partial charge in [-0.15, -0.1) is 0 Å². The minimum atomic E-state index is -0.355. The van der Waals surface area contributed by atoms with E-state index in [9.17, 15) is 9.59 Å². The van der Waals surface area contributed by atoms with Gasteiger partial charge in [0.05, 0.1) is 22.1 Å². The lowest BCUT2D eigenvalue weighted by molar-refractivity contribution is 0.951. The Balaban J connectivity index is 1.87. The summed E-state index contributed by atoms with van der Waals surface area (Å²) in [7, 11) is 0. The average molecular weight is 454 g/mol. The van der Waals surface area contributed by atoms with Crippen molar-refractivity contribution >= 4 is 38.6 Å². The lowest BCUT2D eigenvalue weighted by atomic mass is 10.2. The van der Waals surface area contributed by atoms with E-state index in [0.29, 0.717) is 27.8 Å². The molecule has 0 saturated carbocycles. The molecule has 4 aromatic carbocycles. The number of fused-ring (bicyclic) bond motifs is 6. The first-order valence-corrected chi connectivity index (χ1v) is 11.3. The Hall–Kier alpha value is -4.97. The molecule has 0 radical (unpaired) electrons. The molecule has 0 N–H and O–H groups in total. The summed E-state index contributed by atoms with van der Waals surface area (Å²) in [6.45, 7) is 0. The van der Waals surface area contributed by atoms with Crippen molar-refractivity contribution < 1.29 is 0 Å². The largest absolute Gasteiger partial charge is 0.300 e. The third-order valence-corrected chi connectivity index (χ3v) is 6.46. The third kappa shape index (κ3) is 2.68. The highest BCUT2D eigenvalue weighted by molar-refractivity contribution is 6.07. The molecule has 0 aliphatic heterocycles. The maximum atomic E-state index is 14.1. The Morgan fingerprint density at radius 1 is 0.543 bits per heavy atom. The lowest BCUT2D eigenvalue weighted by Gasteiger charge is -2.15. The van der Waals surface area contributed by atoms with Crippen LogP contribution >= 0.6 is 0 Å². The van der Waals surface area contributed by atoms with Crippen molar-refractivity contribution in [3.8, 4) is 11.4 Å². The molecule has 6 heteroatoms. The van der Waals surface area contributed by atoms with E-state index >= 15 is 0 Å². The van der Waals surface area contributed by atoms with Gasteiger partial charge in [-0.05, 0) is 42.5 Å². The summed E-state index contributed by atoms with van der Waals surface area (Å²) in [5, 5.41) is 1.33. The summed E-state index contributed by atoms with van der Waals surface area (Å²) in [6, 6.07) is 34.4. The van der Waals surface area contributed by atoms with E-state index in [4.69, 9.17) is 0 Å². The molecule has 0 aliphatic carbocycles. The van der Waals surface area contributed by atoms with E-state index in [2.05, 4.69) is 4.98 Å². The highest BCUT2D eigenvalue weighted by Gasteiger charge is 2.23. The van der Waals surface area contributed by atoms with E-state index in [-0.39, 0.29) is 16.8 Å². The third-order valence-electron chi connectivity index (χ3n) is 6.46. The topological polar surface area (TPSA) is 61.3 Å². The van der Waals surface area contributed by atoms with Crippen LogP contribution in [0, 0.1) is 0 Å². The Bertz CT molecular complexity index is 2040. The quantitative estimate of drug-likeness (QED) is 0.342. The van der Waals surface area contributed by atoms with Crippen LogP contribution in [-0.4, -0.2) is 18.5 Å². The van der Waals surface area contributed by atoms with Crippen LogP contribution in [0.1, 0.15) is 0 Å². The van der Waals surface area contributed by atoms with Crippen LogP contribution in [0.5, 0.6) is 0 Å². The van der Waals surface area contributed by atoms with Crippen LogP contribution in [0.3, 0.4) is 0 Å². The van der Waals surface area contributed by atoms with Crippen LogP contribution in [0.2, 0.25) is 0 Å². The Morgan fingerprint density at radius 3 is 1.83 bits per heavy atom. The fourth-order valence-electron chi connectivity index (χ4n) is 4.97. The second-order valence-electron chi connectivity index (χ2n) is 8.43. The van der Waals surface area contributed by atoms with Crippen LogP contribution < -0.4 is 11.1 Å². The average Bonchev–Trinajstić information content (AvgIpc) is 3.25. The van der Waals surface area contributed by atoms with Crippen molar-refractivity contribution in [2.45, 2.75) is 0 Å². The van der Waals surface area contributed by atoms with E-state index in [1.807, 2.05) is 102 Å². The van der Waals surface area contributed by atoms with Crippen LogP contribution in [0.4, 0.5) is 0 Å². The molecule has 0 aliphatic rings. The first-order chi connectivity index (χ1) is 17.2. The van der Waals surface area contributed by atoms with Gasteiger partial charge in [-0.1, -0.05) is 66.7 Å². The minimum absolute atomic E-state index is 0.0982. The molecule has 0 saturated heterocycles. The first kappa shape index (κ1) is 19.5. The fraction of sp³-hybridized carbons (Fsp3) is 0. The molecule has 3 heterocycles. The monoisotopic (exact) mass is 454 g/mol. The molecule has 0 atom stereocenters. The molecule has 7 rings (SSSR count). The van der Waals surface area contributed by atoms with Gasteiger partial charge < -0.3 is 0 Å². The zero-order chi connectivity index (χ0) is 23.5. The van der Waals surface area contributed by atoms with Crippen molar-refractivity contribution in [3.63, 3.8) is 0 Å². The number of aromatic nitrogens is 4. The molecule has 3 aromatic heterocycles. The van der Waals surface area contributed by atoms with Crippen molar-refractivity contribution in [1.82, 2.24) is 18.5 Å². The number of benzene rings is 4. The van der Waals surface area contributed by atoms with Gasteiger partial charge in [0.1, 0.15) is 5.52 Å². The predicted molar refractivity (Wildman–Crippen MR) is 139 cm³/mol. The summed E-state index contributed by atoms with van der Waals surface area (Å²) in [4.78, 5) is 32.7. The van der Waals surface area contributed by atoms with Crippen LogP contribution in [0.15, 0.2) is 119 Å². The summed E-state index contributed by atoms with van der Waals surface area (Å²) in [6.07, 6.45) is 0. The maximum absolute atomic E-state index is 14.1. The Morgan fingerprint density at radius 2 is 1.11 bits per heavy atom. The number of para-hydroxylation sites is 4. The van der Waals surface area contributed by atoms with Gasteiger partial charge in [-0.2, -0.15) is 0 Å². The highest BCUT2D eigenvalue weighted by Crippen LogP contribution is 2.32. The van der Waals surface area contributed by atoms with Gasteiger partial charge in [-0.25, -0.2) is 4.98 Å². The van der Waals surface area contributed by atoms with E-state index < -0.39 is 0 Å². The SMILES string of the molecule is O=c1c2nc3ccccc3c(=O)n2c2c3ccccc3n(-c3ccccc3)c2n1-c1ccccc1. The fourth-order valence-corrected chi connectivity index (χ4v) is 4.97. The smallest absolute Gasteiger partial charge is 0.294 e. The second-order valence-corrected chi connectivity index (χ2v) is 8.43. The molecular weight excluding hydrogens is 436 g/mol. The van der Waals surface area contributed by atoms with Crippen molar-refractivity contribution in [2.24, 2.45) is 0 Å². The molecular formula is C29H18N4O2. The zero-order valence-corrected chi connectivity index (χ0v) is 18.5. The standard InChI is InChI=1S/C29H18N4O2/c34-28-21-15-7-9-17-23(21)30-26-29(35)32(20-13-5-2-6-14-20)27-25(33(26)28)22-16-8-10-18-24(22)31(27)19-11-3-1-4-12-19/h1-18H. The molecule has 0 unspecified atom stereocenters. The summed E-state index contributed by atoms with van der Waals surface area (Å²) in [5.41, 5.74) is 3.73. The molecule has 7 aromatic rings. The van der Waals surface area contributed by atoms with Crippen molar-refractivity contribution in [2.75, 3.05) is 0 Å².